The van der Waals surface area contributed by atoms with Gasteiger partial charge in [0.1, 0.15) is 17.2 Å². The Hall–Kier alpha value is -1.72. The summed E-state index contributed by atoms with van der Waals surface area (Å²) in [6.07, 6.45) is 0. The predicted molar refractivity (Wildman–Crippen MR) is 85.7 cm³/mol. The standard InChI is InChI=1S/C16H21NO3S/c1-11(16-6-5-7-21-16)17-10-13-14(19-3)8-12(18-2)9-15(13)20-4/h5-9,11,17H,10H2,1-4H3/t11-/m1/s1. The Labute approximate surface area is 129 Å². The molecule has 0 unspecified atom stereocenters. The summed E-state index contributed by atoms with van der Waals surface area (Å²) in [5.74, 6) is 2.24. The van der Waals surface area contributed by atoms with Gasteiger partial charge in [0, 0.05) is 29.6 Å². The number of ether oxygens (including phenoxy) is 3. The molecule has 1 aromatic heterocycles. The SMILES string of the molecule is COc1cc(OC)c(CN[C@H](C)c2cccs2)c(OC)c1. The molecule has 0 radical (unpaired) electrons. The van der Waals surface area contributed by atoms with E-state index < -0.39 is 0 Å². The first-order valence-corrected chi connectivity index (χ1v) is 7.63. The Morgan fingerprint density at radius 2 is 1.76 bits per heavy atom. The van der Waals surface area contributed by atoms with E-state index in [-0.39, 0.29) is 6.04 Å². The second kappa shape index (κ2) is 7.33. The van der Waals surface area contributed by atoms with E-state index in [1.807, 2.05) is 12.1 Å². The molecule has 0 aliphatic carbocycles. The van der Waals surface area contributed by atoms with Gasteiger partial charge in [-0.2, -0.15) is 0 Å². The van der Waals surface area contributed by atoms with Gasteiger partial charge in [0.05, 0.1) is 26.9 Å². The van der Waals surface area contributed by atoms with E-state index in [1.165, 1.54) is 4.88 Å². The van der Waals surface area contributed by atoms with E-state index in [4.69, 9.17) is 14.2 Å². The van der Waals surface area contributed by atoms with Crippen LogP contribution in [0.15, 0.2) is 29.6 Å². The molecule has 0 saturated heterocycles. The van der Waals surface area contributed by atoms with Crippen LogP contribution in [0.1, 0.15) is 23.4 Å². The van der Waals surface area contributed by atoms with Crippen LogP contribution in [-0.2, 0) is 6.54 Å². The topological polar surface area (TPSA) is 39.7 Å². The summed E-state index contributed by atoms with van der Waals surface area (Å²) in [7, 11) is 4.94. The van der Waals surface area contributed by atoms with Crippen molar-refractivity contribution >= 4 is 11.3 Å². The van der Waals surface area contributed by atoms with Crippen LogP contribution in [0.3, 0.4) is 0 Å². The highest BCUT2D eigenvalue weighted by atomic mass is 32.1. The van der Waals surface area contributed by atoms with Crippen molar-refractivity contribution in [2.75, 3.05) is 21.3 Å². The average Bonchev–Trinajstić information content (AvgIpc) is 3.06. The number of thiophene rings is 1. The normalized spacial score (nSPS) is 12.0. The number of nitrogens with one attached hydrogen (secondary N) is 1. The van der Waals surface area contributed by atoms with Crippen LogP contribution >= 0.6 is 11.3 Å². The fraction of sp³-hybridized carbons (Fsp3) is 0.375. The van der Waals surface area contributed by atoms with Gasteiger partial charge in [0.15, 0.2) is 0 Å². The predicted octanol–water partition coefficient (Wildman–Crippen LogP) is 3.62. The summed E-state index contributed by atoms with van der Waals surface area (Å²) in [6.45, 7) is 2.81. The van der Waals surface area contributed by atoms with E-state index in [1.54, 1.807) is 32.7 Å². The van der Waals surface area contributed by atoms with Gasteiger partial charge in [0.25, 0.3) is 0 Å². The molecule has 0 bridgehead atoms. The van der Waals surface area contributed by atoms with Gasteiger partial charge in [-0.25, -0.2) is 0 Å². The molecule has 4 nitrogen and oxygen atoms in total. The summed E-state index contributed by atoms with van der Waals surface area (Å²) in [5, 5.41) is 5.58. The van der Waals surface area contributed by atoms with Gasteiger partial charge in [-0.05, 0) is 18.4 Å². The minimum atomic E-state index is 0.279. The van der Waals surface area contributed by atoms with Crippen molar-refractivity contribution < 1.29 is 14.2 Å². The van der Waals surface area contributed by atoms with Crippen LogP contribution in [0.2, 0.25) is 0 Å². The minimum Gasteiger partial charge on any atom is -0.496 e. The largest absolute Gasteiger partial charge is 0.496 e. The van der Waals surface area contributed by atoms with Crippen LogP contribution in [0.5, 0.6) is 17.2 Å². The molecule has 114 valence electrons. The zero-order valence-corrected chi connectivity index (χ0v) is 13.6. The number of methoxy groups -OCH3 is 3. The van der Waals surface area contributed by atoms with Gasteiger partial charge >= 0.3 is 0 Å². The first kappa shape index (κ1) is 15.7. The van der Waals surface area contributed by atoms with E-state index >= 15 is 0 Å². The van der Waals surface area contributed by atoms with Crippen molar-refractivity contribution in [1.29, 1.82) is 0 Å². The highest BCUT2D eigenvalue weighted by molar-refractivity contribution is 7.10. The van der Waals surface area contributed by atoms with Crippen LogP contribution in [0.25, 0.3) is 0 Å². The molecule has 21 heavy (non-hydrogen) atoms. The molecule has 0 aliphatic heterocycles. The van der Waals surface area contributed by atoms with E-state index in [9.17, 15) is 0 Å². The fourth-order valence-corrected chi connectivity index (χ4v) is 2.90. The van der Waals surface area contributed by atoms with E-state index in [2.05, 4.69) is 29.8 Å². The van der Waals surface area contributed by atoms with Crippen LogP contribution in [0, 0.1) is 0 Å². The third-order valence-corrected chi connectivity index (χ3v) is 4.43. The molecule has 1 atom stereocenters. The maximum absolute atomic E-state index is 5.46. The van der Waals surface area contributed by atoms with E-state index in [0.717, 1.165) is 22.8 Å². The van der Waals surface area contributed by atoms with Crippen molar-refractivity contribution in [2.24, 2.45) is 0 Å². The third kappa shape index (κ3) is 3.68. The van der Waals surface area contributed by atoms with Crippen LogP contribution in [0.4, 0.5) is 0 Å². The van der Waals surface area contributed by atoms with Crippen molar-refractivity contribution in [1.82, 2.24) is 5.32 Å². The first-order chi connectivity index (χ1) is 10.2. The molecule has 0 spiro atoms. The van der Waals surface area contributed by atoms with Crippen molar-refractivity contribution in [3.63, 3.8) is 0 Å². The summed E-state index contributed by atoms with van der Waals surface area (Å²) >= 11 is 1.75. The molecule has 0 aliphatic rings. The van der Waals surface area contributed by atoms with Gasteiger partial charge in [-0.15, -0.1) is 11.3 Å². The number of rotatable bonds is 7. The molecule has 1 heterocycles. The van der Waals surface area contributed by atoms with Gasteiger partial charge in [0.2, 0.25) is 0 Å². The van der Waals surface area contributed by atoms with Crippen LogP contribution in [-0.4, -0.2) is 21.3 Å². The number of hydrogen-bond donors (Lipinski definition) is 1. The molecular formula is C16H21NO3S. The molecule has 1 N–H and O–H groups in total. The Morgan fingerprint density at radius 1 is 1.10 bits per heavy atom. The lowest BCUT2D eigenvalue weighted by molar-refractivity contribution is 0.365. The molecule has 0 amide bonds. The number of hydrogen-bond acceptors (Lipinski definition) is 5. The maximum atomic E-state index is 5.46. The quantitative estimate of drug-likeness (QED) is 0.848. The van der Waals surface area contributed by atoms with Crippen molar-refractivity contribution in [3.8, 4) is 17.2 Å². The van der Waals surface area contributed by atoms with Crippen molar-refractivity contribution in [3.05, 3.63) is 40.1 Å². The summed E-state index contributed by atoms with van der Waals surface area (Å²) < 4.78 is 16.2. The molecule has 1 aromatic carbocycles. The molecule has 2 rings (SSSR count). The second-order valence-electron chi connectivity index (χ2n) is 4.63. The minimum absolute atomic E-state index is 0.279. The monoisotopic (exact) mass is 307 g/mol. The molecule has 0 fully saturated rings. The third-order valence-electron chi connectivity index (χ3n) is 3.37. The lowest BCUT2D eigenvalue weighted by Gasteiger charge is -2.18. The Bertz CT molecular complexity index is 544. The van der Waals surface area contributed by atoms with Crippen LogP contribution < -0.4 is 19.5 Å². The Kier molecular flexibility index (Phi) is 5.47. The lowest BCUT2D eigenvalue weighted by atomic mass is 10.1. The zero-order chi connectivity index (χ0) is 15.2. The summed E-state index contributed by atoms with van der Waals surface area (Å²) in [4.78, 5) is 1.31. The molecular weight excluding hydrogens is 286 g/mol. The molecule has 5 heteroatoms. The highest BCUT2D eigenvalue weighted by Crippen LogP contribution is 2.34. The zero-order valence-electron chi connectivity index (χ0n) is 12.8. The summed E-state index contributed by atoms with van der Waals surface area (Å²) in [5.41, 5.74) is 0.990. The number of benzene rings is 1. The van der Waals surface area contributed by atoms with Gasteiger partial charge < -0.3 is 19.5 Å². The van der Waals surface area contributed by atoms with Gasteiger partial charge in [-0.3, -0.25) is 0 Å². The fourth-order valence-electron chi connectivity index (χ4n) is 2.15. The second-order valence-corrected chi connectivity index (χ2v) is 5.61. The average molecular weight is 307 g/mol. The highest BCUT2D eigenvalue weighted by Gasteiger charge is 2.14. The first-order valence-electron chi connectivity index (χ1n) is 6.75. The van der Waals surface area contributed by atoms with Gasteiger partial charge in [-0.1, -0.05) is 6.07 Å². The Balaban J connectivity index is 2.18. The Morgan fingerprint density at radius 3 is 2.24 bits per heavy atom. The molecule has 0 saturated carbocycles. The molecule has 2 aromatic rings. The van der Waals surface area contributed by atoms with E-state index in [0.29, 0.717) is 6.54 Å². The smallest absolute Gasteiger partial charge is 0.130 e. The maximum Gasteiger partial charge on any atom is 0.130 e. The van der Waals surface area contributed by atoms with Crippen molar-refractivity contribution in [2.45, 2.75) is 19.5 Å². The summed E-state index contributed by atoms with van der Waals surface area (Å²) in [6, 6.07) is 8.21. The lowest BCUT2D eigenvalue weighted by Crippen LogP contribution is -2.18.